The van der Waals surface area contributed by atoms with Gasteiger partial charge in [-0.3, -0.25) is 4.79 Å². The number of rotatable bonds is 4. The molecule has 2 aromatic heterocycles. The van der Waals surface area contributed by atoms with E-state index in [4.69, 9.17) is 11.6 Å². The van der Waals surface area contributed by atoms with Crippen molar-refractivity contribution in [1.29, 1.82) is 0 Å². The van der Waals surface area contributed by atoms with E-state index in [1.807, 2.05) is 0 Å². The fourth-order valence-electron chi connectivity index (χ4n) is 5.77. The summed E-state index contributed by atoms with van der Waals surface area (Å²) in [4.78, 5) is 17.6. The van der Waals surface area contributed by atoms with Crippen LogP contribution < -0.4 is 5.32 Å². The van der Waals surface area contributed by atoms with Gasteiger partial charge in [0, 0.05) is 18.7 Å². The van der Waals surface area contributed by atoms with Crippen LogP contribution >= 0.6 is 11.6 Å². The number of imidazole rings is 1. The Balaban J connectivity index is 1.27. The first-order valence-corrected chi connectivity index (χ1v) is 13.1. The second-order valence-corrected chi connectivity index (χ2v) is 11.6. The minimum atomic E-state index is -4.61. The maximum Gasteiger partial charge on any atom is 0.436 e. The van der Waals surface area contributed by atoms with E-state index >= 15 is 0 Å². The molecule has 0 saturated heterocycles. The third-order valence-corrected chi connectivity index (χ3v) is 8.03. The van der Waals surface area contributed by atoms with Gasteiger partial charge >= 0.3 is 6.18 Å². The second-order valence-electron chi connectivity index (χ2n) is 11.2. The molecular weight excluding hydrogens is 552 g/mol. The molecule has 0 radical (unpaired) electrons. The van der Waals surface area contributed by atoms with Crippen molar-refractivity contribution >= 4 is 23.2 Å². The number of halogens is 5. The highest BCUT2D eigenvalue weighted by molar-refractivity contribution is 6.31. The predicted octanol–water partition coefficient (Wildman–Crippen LogP) is 5.15. The van der Waals surface area contributed by atoms with Gasteiger partial charge in [0.1, 0.15) is 22.7 Å². The van der Waals surface area contributed by atoms with E-state index < -0.39 is 28.8 Å². The van der Waals surface area contributed by atoms with Crippen molar-refractivity contribution < 1.29 is 27.5 Å². The van der Waals surface area contributed by atoms with Crippen LogP contribution in [0.4, 0.5) is 23.2 Å². The number of carbonyl (C=O) groups is 1. The molecule has 1 amide bonds. The second kappa shape index (κ2) is 9.89. The summed E-state index contributed by atoms with van der Waals surface area (Å²) in [6, 6.07) is 3.94. The normalized spacial score (nSPS) is 24.5. The number of amides is 1. The summed E-state index contributed by atoms with van der Waals surface area (Å²) in [5, 5.41) is 20.7. The van der Waals surface area contributed by atoms with Gasteiger partial charge in [-0.1, -0.05) is 28.7 Å². The lowest BCUT2D eigenvalue weighted by atomic mass is 9.91. The zero-order valence-electron chi connectivity index (χ0n) is 21.9. The summed E-state index contributed by atoms with van der Waals surface area (Å²) in [7, 11) is 1.72. The van der Waals surface area contributed by atoms with Crippen LogP contribution in [0, 0.1) is 29.5 Å². The number of hydrogen-bond donors (Lipinski definition) is 2. The molecule has 2 heterocycles. The average molecular weight is 579 g/mol. The molecule has 40 heavy (non-hydrogen) atoms. The number of nitrogens with zero attached hydrogens (tertiary/aromatic N) is 5. The molecule has 0 bridgehead atoms. The zero-order chi connectivity index (χ0) is 29.0. The number of carbonyl (C=O) groups excluding carboxylic acids is 1. The number of aryl methyl sites for hydroxylation is 1. The van der Waals surface area contributed by atoms with Gasteiger partial charge in [0.2, 0.25) is 0 Å². The molecule has 8 nitrogen and oxygen atoms in total. The van der Waals surface area contributed by atoms with Gasteiger partial charge in [-0.25, -0.2) is 14.1 Å². The summed E-state index contributed by atoms with van der Waals surface area (Å²) >= 11 is 5.84. The third kappa shape index (κ3) is 5.45. The number of aromatic nitrogens is 5. The summed E-state index contributed by atoms with van der Waals surface area (Å²) in [5.74, 6) is 5.13. The van der Waals surface area contributed by atoms with Crippen LogP contribution in [0.1, 0.15) is 67.3 Å². The van der Waals surface area contributed by atoms with Crippen LogP contribution in [0.3, 0.4) is 0 Å². The van der Waals surface area contributed by atoms with E-state index in [9.17, 15) is 27.5 Å². The summed E-state index contributed by atoms with van der Waals surface area (Å²) < 4.78 is 55.0. The Hall–Kier alpha value is -3.43. The molecule has 0 spiro atoms. The SMILES string of the molecule is Cn1cnc(C2CC3CC(O)(C#CC(C)(C)n4cc(C(F)(F)F)nn4)CC3C2)c1C(=O)Nc1ccc(F)c(Cl)c1. The van der Waals surface area contributed by atoms with Crippen molar-refractivity contribution in [2.24, 2.45) is 18.9 Å². The Morgan fingerprint density at radius 1 is 1.23 bits per heavy atom. The number of nitrogens with one attached hydrogen (secondary N) is 1. The van der Waals surface area contributed by atoms with Gasteiger partial charge in [-0.05, 0) is 69.6 Å². The van der Waals surface area contributed by atoms with Crippen molar-refractivity contribution in [2.45, 2.75) is 62.8 Å². The van der Waals surface area contributed by atoms with Crippen LogP contribution in [-0.2, 0) is 18.8 Å². The number of fused-ring (bicyclic) bond motifs is 1. The van der Waals surface area contributed by atoms with Gasteiger partial charge in [0.05, 0.1) is 23.2 Å². The van der Waals surface area contributed by atoms with Crippen LogP contribution in [0.25, 0.3) is 0 Å². The molecule has 1 aromatic carbocycles. The number of aliphatic hydroxyl groups is 1. The van der Waals surface area contributed by atoms with Crippen molar-refractivity contribution in [1.82, 2.24) is 24.5 Å². The Morgan fingerprint density at radius 2 is 1.90 bits per heavy atom. The first kappa shape index (κ1) is 28.1. The topological polar surface area (TPSA) is 97.9 Å². The maximum absolute atomic E-state index is 13.5. The molecule has 5 rings (SSSR count). The molecule has 2 aliphatic carbocycles. The molecule has 13 heteroatoms. The molecule has 2 fully saturated rings. The van der Waals surface area contributed by atoms with Crippen LogP contribution in [0.15, 0.2) is 30.7 Å². The van der Waals surface area contributed by atoms with Crippen LogP contribution in [-0.4, -0.2) is 41.2 Å². The van der Waals surface area contributed by atoms with Crippen molar-refractivity contribution in [3.05, 3.63) is 58.6 Å². The Labute approximate surface area is 232 Å². The fraction of sp³-hybridized carbons (Fsp3) is 0.481. The molecule has 212 valence electrons. The Kier molecular flexibility index (Phi) is 6.95. The third-order valence-electron chi connectivity index (χ3n) is 7.74. The van der Waals surface area contributed by atoms with E-state index in [0.717, 1.165) is 10.9 Å². The Morgan fingerprint density at radius 3 is 2.50 bits per heavy atom. The van der Waals surface area contributed by atoms with Gasteiger partial charge in [-0.2, -0.15) is 13.2 Å². The van der Waals surface area contributed by atoms with Crippen LogP contribution in [0.5, 0.6) is 0 Å². The summed E-state index contributed by atoms with van der Waals surface area (Å²) in [5.41, 5.74) is -2.09. The van der Waals surface area contributed by atoms with E-state index in [1.54, 1.807) is 31.8 Å². The molecule has 0 aliphatic heterocycles. The quantitative estimate of drug-likeness (QED) is 0.330. The lowest BCUT2D eigenvalue weighted by Gasteiger charge is -2.21. The molecular formula is C27H27ClF4N6O2. The van der Waals surface area contributed by atoms with E-state index in [-0.39, 0.29) is 28.7 Å². The molecule has 2 atom stereocenters. The number of anilines is 1. The van der Waals surface area contributed by atoms with Gasteiger partial charge in [-0.15, -0.1) is 5.10 Å². The number of alkyl halides is 3. The largest absolute Gasteiger partial charge is 0.436 e. The summed E-state index contributed by atoms with van der Waals surface area (Å²) in [6.45, 7) is 3.22. The fourth-order valence-corrected chi connectivity index (χ4v) is 5.95. The van der Waals surface area contributed by atoms with E-state index in [1.165, 1.54) is 18.2 Å². The van der Waals surface area contributed by atoms with Crippen molar-refractivity contribution in [2.75, 3.05) is 5.32 Å². The highest BCUT2D eigenvalue weighted by Crippen LogP contribution is 2.54. The van der Waals surface area contributed by atoms with Crippen molar-refractivity contribution in [3.63, 3.8) is 0 Å². The standard InChI is InChI=1S/C27H27ClF4N6O2/c1-25(2,38-13-21(35-36-38)27(30,31)32)6-7-26(40)11-16-8-15(9-17(16)12-26)22-23(37(3)14-33-22)24(39)34-18-4-5-20(29)19(28)10-18/h4-5,10,13-17,40H,8-9,11-12H2,1-3H3,(H,34,39). The van der Waals surface area contributed by atoms with Gasteiger partial charge in [0.15, 0.2) is 5.69 Å². The smallest absolute Gasteiger partial charge is 0.378 e. The van der Waals surface area contributed by atoms with Crippen molar-refractivity contribution in [3.8, 4) is 11.8 Å². The maximum atomic E-state index is 13.5. The number of hydrogen-bond acceptors (Lipinski definition) is 5. The highest BCUT2D eigenvalue weighted by atomic mass is 35.5. The first-order valence-electron chi connectivity index (χ1n) is 12.7. The molecule has 2 unspecified atom stereocenters. The van der Waals surface area contributed by atoms with Gasteiger partial charge in [0.25, 0.3) is 5.91 Å². The Bertz CT molecular complexity index is 1500. The van der Waals surface area contributed by atoms with Crippen LogP contribution in [0.2, 0.25) is 5.02 Å². The molecule has 2 N–H and O–H groups in total. The van der Waals surface area contributed by atoms with E-state index in [2.05, 4.69) is 32.5 Å². The zero-order valence-corrected chi connectivity index (χ0v) is 22.7. The van der Waals surface area contributed by atoms with E-state index in [0.29, 0.717) is 42.8 Å². The predicted molar refractivity (Wildman–Crippen MR) is 138 cm³/mol. The molecule has 2 aliphatic rings. The first-order chi connectivity index (χ1) is 18.6. The minimum Gasteiger partial charge on any atom is -0.378 e. The number of benzene rings is 1. The molecule has 3 aromatic rings. The average Bonchev–Trinajstić information content (AvgIpc) is 3.62. The minimum absolute atomic E-state index is 0.00126. The lowest BCUT2D eigenvalue weighted by Crippen LogP contribution is -2.28. The molecule has 2 saturated carbocycles. The lowest BCUT2D eigenvalue weighted by molar-refractivity contribution is -0.141. The highest BCUT2D eigenvalue weighted by Gasteiger charge is 2.49. The monoisotopic (exact) mass is 578 g/mol. The summed E-state index contributed by atoms with van der Waals surface area (Å²) in [6.07, 6.45) is -0.00437. The van der Waals surface area contributed by atoms with Gasteiger partial charge < -0.3 is 15.0 Å².